The molecule has 1 aromatic heterocycles. The summed E-state index contributed by atoms with van der Waals surface area (Å²) < 4.78 is 0. The van der Waals surface area contributed by atoms with Crippen LogP contribution in [0.3, 0.4) is 0 Å². The Balaban J connectivity index is 1.62. The largest absolute Gasteiger partial charge is 0.317 e. The lowest BCUT2D eigenvalue weighted by Crippen LogP contribution is -2.12. The fourth-order valence-electron chi connectivity index (χ4n) is 3.47. The molecule has 1 heterocycles. The van der Waals surface area contributed by atoms with Gasteiger partial charge in [0, 0.05) is 11.3 Å². The lowest BCUT2D eigenvalue weighted by atomic mass is 9.88. The molecule has 0 unspecified atom stereocenters. The van der Waals surface area contributed by atoms with Gasteiger partial charge in [-0.15, -0.1) is 11.3 Å². The van der Waals surface area contributed by atoms with E-state index in [0.717, 1.165) is 29.8 Å². The number of amides is 1. The fraction of sp³-hybridized carbons (Fsp3) is 0.455. The number of carbonyl (C=O) groups excluding carboxylic acids is 1. The fourth-order valence-corrected chi connectivity index (χ4v) is 4.85. The molecule has 1 aliphatic carbocycles. The maximum atomic E-state index is 12.4. The van der Waals surface area contributed by atoms with Crippen molar-refractivity contribution in [3.63, 3.8) is 0 Å². The summed E-state index contributed by atoms with van der Waals surface area (Å²) in [7, 11) is 0. The van der Waals surface area contributed by atoms with Crippen molar-refractivity contribution in [1.82, 2.24) is 0 Å². The van der Waals surface area contributed by atoms with Gasteiger partial charge in [-0.1, -0.05) is 45.0 Å². The molecule has 2 aromatic rings. The lowest BCUT2D eigenvalue weighted by molar-refractivity contribution is -0.116. The Hall–Kier alpha value is -2.12. The maximum Gasteiger partial charge on any atom is 0.225 e. The van der Waals surface area contributed by atoms with E-state index in [2.05, 4.69) is 56.4 Å². The zero-order valence-corrected chi connectivity index (χ0v) is 16.6. The van der Waals surface area contributed by atoms with Crippen molar-refractivity contribution in [3.8, 4) is 6.07 Å². The van der Waals surface area contributed by atoms with Crippen LogP contribution < -0.4 is 5.32 Å². The number of carbonyl (C=O) groups is 1. The van der Waals surface area contributed by atoms with Gasteiger partial charge >= 0.3 is 0 Å². The van der Waals surface area contributed by atoms with Crippen LogP contribution in [0.4, 0.5) is 5.00 Å². The predicted molar refractivity (Wildman–Crippen MR) is 108 cm³/mol. The number of nitriles is 1. The highest BCUT2D eigenvalue weighted by Crippen LogP contribution is 2.39. The molecule has 0 fully saturated rings. The summed E-state index contributed by atoms with van der Waals surface area (Å²) in [5.74, 6) is 1.16. The van der Waals surface area contributed by atoms with E-state index in [-0.39, 0.29) is 5.91 Å². The topological polar surface area (TPSA) is 52.9 Å². The number of benzene rings is 1. The van der Waals surface area contributed by atoms with E-state index in [1.807, 2.05) is 0 Å². The van der Waals surface area contributed by atoms with Gasteiger partial charge in [0.2, 0.25) is 5.91 Å². The normalized spacial score (nSPS) is 16.2. The number of nitrogens with one attached hydrogen (secondary N) is 1. The summed E-state index contributed by atoms with van der Waals surface area (Å²) in [4.78, 5) is 13.7. The second-order valence-electron chi connectivity index (χ2n) is 7.61. The van der Waals surface area contributed by atoms with Crippen molar-refractivity contribution in [2.24, 2.45) is 5.92 Å². The van der Waals surface area contributed by atoms with Gasteiger partial charge in [-0.2, -0.15) is 5.26 Å². The molecule has 26 heavy (non-hydrogen) atoms. The molecule has 3 nitrogen and oxygen atoms in total. The van der Waals surface area contributed by atoms with Crippen molar-refractivity contribution >= 4 is 22.2 Å². The Kier molecular flexibility index (Phi) is 5.78. The van der Waals surface area contributed by atoms with Crippen LogP contribution in [0.1, 0.15) is 66.7 Å². The predicted octanol–water partition coefficient (Wildman–Crippen LogP) is 5.44. The Morgan fingerprint density at radius 3 is 2.73 bits per heavy atom. The molecule has 0 saturated carbocycles. The van der Waals surface area contributed by atoms with Crippen LogP contribution >= 0.6 is 11.3 Å². The van der Waals surface area contributed by atoms with Gasteiger partial charge in [-0.3, -0.25) is 4.79 Å². The number of rotatable bonds is 5. The molecule has 4 heteroatoms. The molecule has 1 amide bonds. The van der Waals surface area contributed by atoms with Gasteiger partial charge in [-0.25, -0.2) is 0 Å². The van der Waals surface area contributed by atoms with Gasteiger partial charge in [0.15, 0.2) is 0 Å². The number of anilines is 1. The highest BCUT2D eigenvalue weighted by Gasteiger charge is 2.24. The van der Waals surface area contributed by atoms with Crippen LogP contribution in [0.25, 0.3) is 0 Å². The number of nitrogens with zero attached hydrogens (tertiary/aromatic N) is 1. The quantitative estimate of drug-likeness (QED) is 0.766. The summed E-state index contributed by atoms with van der Waals surface area (Å²) >= 11 is 1.59. The Bertz CT molecular complexity index is 827. The number of thiophene rings is 1. The molecule has 1 aromatic carbocycles. The van der Waals surface area contributed by atoms with Crippen LogP contribution in [0, 0.1) is 17.2 Å². The molecule has 0 spiro atoms. The van der Waals surface area contributed by atoms with Crippen LogP contribution in [0.15, 0.2) is 24.3 Å². The monoisotopic (exact) mass is 366 g/mol. The van der Waals surface area contributed by atoms with E-state index in [1.165, 1.54) is 16.0 Å². The number of hydrogen-bond donors (Lipinski definition) is 1. The van der Waals surface area contributed by atoms with Crippen molar-refractivity contribution < 1.29 is 4.79 Å². The molecule has 0 radical (unpaired) electrons. The standard InChI is InChI=1S/C22H26N2OS/c1-14(2)17-8-5-16(6-9-17)7-11-21(25)24-22-19(13-23)18-10-4-15(3)12-20(18)26-22/h5-6,8-9,14-15H,4,7,10-12H2,1-3H3,(H,24,25)/t15-/m0/s1. The minimum Gasteiger partial charge on any atom is -0.317 e. The van der Waals surface area contributed by atoms with Gasteiger partial charge in [0.25, 0.3) is 0 Å². The number of hydrogen-bond acceptors (Lipinski definition) is 3. The number of aryl methyl sites for hydroxylation is 1. The van der Waals surface area contributed by atoms with E-state index in [1.54, 1.807) is 11.3 Å². The summed E-state index contributed by atoms with van der Waals surface area (Å²) in [6.45, 7) is 6.60. The molecule has 1 atom stereocenters. The third-order valence-electron chi connectivity index (χ3n) is 5.16. The van der Waals surface area contributed by atoms with Crippen LogP contribution in [0.5, 0.6) is 0 Å². The summed E-state index contributed by atoms with van der Waals surface area (Å²) in [6, 6.07) is 10.8. The number of fused-ring (bicyclic) bond motifs is 1. The molecule has 1 aliphatic rings. The second kappa shape index (κ2) is 8.05. The van der Waals surface area contributed by atoms with E-state index in [9.17, 15) is 10.1 Å². The summed E-state index contributed by atoms with van der Waals surface area (Å²) in [5.41, 5.74) is 4.33. The first-order valence-corrected chi connectivity index (χ1v) is 10.2. The molecular weight excluding hydrogens is 340 g/mol. The highest BCUT2D eigenvalue weighted by molar-refractivity contribution is 7.16. The zero-order chi connectivity index (χ0) is 18.7. The van der Waals surface area contributed by atoms with Crippen LogP contribution in [-0.4, -0.2) is 5.91 Å². The smallest absolute Gasteiger partial charge is 0.225 e. The van der Waals surface area contributed by atoms with E-state index in [4.69, 9.17) is 0 Å². The van der Waals surface area contributed by atoms with E-state index in [0.29, 0.717) is 30.2 Å². The van der Waals surface area contributed by atoms with Crippen molar-refractivity contribution in [3.05, 3.63) is 51.4 Å². The summed E-state index contributed by atoms with van der Waals surface area (Å²) in [5, 5.41) is 13.3. The second-order valence-corrected chi connectivity index (χ2v) is 8.72. The van der Waals surface area contributed by atoms with E-state index >= 15 is 0 Å². The average molecular weight is 367 g/mol. The molecule has 0 saturated heterocycles. The molecule has 1 N–H and O–H groups in total. The van der Waals surface area contributed by atoms with Gasteiger partial charge < -0.3 is 5.32 Å². The zero-order valence-electron chi connectivity index (χ0n) is 15.8. The minimum absolute atomic E-state index is 0.0129. The first kappa shape index (κ1) is 18.7. The maximum absolute atomic E-state index is 12.4. The molecule has 0 bridgehead atoms. The van der Waals surface area contributed by atoms with Crippen molar-refractivity contribution in [2.75, 3.05) is 5.32 Å². The molecule has 0 aliphatic heterocycles. The highest BCUT2D eigenvalue weighted by atomic mass is 32.1. The Morgan fingerprint density at radius 1 is 1.35 bits per heavy atom. The molecule has 136 valence electrons. The average Bonchev–Trinajstić information content (AvgIpc) is 2.96. The van der Waals surface area contributed by atoms with Crippen LogP contribution in [-0.2, 0) is 24.1 Å². The third kappa shape index (κ3) is 4.16. The molecular formula is C22H26N2OS. The van der Waals surface area contributed by atoms with Crippen molar-refractivity contribution in [2.45, 2.75) is 58.8 Å². The Morgan fingerprint density at radius 2 is 2.08 bits per heavy atom. The molecule has 3 rings (SSSR count). The van der Waals surface area contributed by atoms with E-state index < -0.39 is 0 Å². The SMILES string of the molecule is CC(C)c1ccc(CCC(=O)Nc2sc3c(c2C#N)CC[C@H](C)C3)cc1. The first-order valence-electron chi connectivity index (χ1n) is 9.41. The minimum atomic E-state index is -0.0129. The first-order chi connectivity index (χ1) is 12.5. The third-order valence-corrected chi connectivity index (χ3v) is 6.33. The van der Waals surface area contributed by atoms with Gasteiger partial charge in [-0.05, 0) is 54.2 Å². The van der Waals surface area contributed by atoms with Crippen molar-refractivity contribution in [1.29, 1.82) is 5.26 Å². The Labute approximate surface area is 160 Å². The lowest BCUT2D eigenvalue weighted by Gasteiger charge is -2.17. The van der Waals surface area contributed by atoms with Crippen LogP contribution in [0.2, 0.25) is 0 Å². The van der Waals surface area contributed by atoms with Gasteiger partial charge in [0.05, 0.1) is 5.56 Å². The summed E-state index contributed by atoms with van der Waals surface area (Å²) in [6.07, 6.45) is 4.25. The van der Waals surface area contributed by atoms with Gasteiger partial charge in [0.1, 0.15) is 11.1 Å².